The molecule has 0 bridgehead atoms. The van der Waals surface area contributed by atoms with Gasteiger partial charge in [0.1, 0.15) is 16.5 Å². The summed E-state index contributed by atoms with van der Waals surface area (Å²) < 4.78 is 0. The van der Waals surface area contributed by atoms with Crippen molar-refractivity contribution in [3.8, 4) is 0 Å². The van der Waals surface area contributed by atoms with Gasteiger partial charge in [0.25, 0.3) is 0 Å². The Balaban J connectivity index is 1.51. The maximum absolute atomic E-state index is 12.4. The van der Waals surface area contributed by atoms with Gasteiger partial charge in [-0.05, 0) is 44.1 Å². The number of fused-ring (bicyclic) bond motifs is 3. The van der Waals surface area contributed by atoms with Crippen LogP contribution in [0.5, 0.6) is 0 Å². The van der Waals surface area contributed by atoms with Crippen LogP contribution in [0.3, 0.4) is 0 Å². The van der Waals surface area contributed by atoms with E-state index >= 15 is 0 Å². The Hall–Kier alpha value is -1.69. The van der Waals surface area contributed by atoms with E-state index in [1.165, 1.54) is 73.6 Å². The minimum absolute atomic E-state index is 0.0732. The van der Waals surface area contributed by atoms with Gasteiger partial charge < -0.3 is 9.80 Å². The average Bonchev–Trinajstić information content (AvgIpc) is 3.17. The molecule has 0 N–H and O–H groups in total. The molecule has 2 fully saturated rings. The van der Waals surface area contributed by atoms with Gasteiger partial charge in [0.05, 0.1) is 5.39 Å². The summed E-state index contributed by atoms with van der Waals surface area (Å²) in [7, 11) is 0. The van der Waals surface area contributed by atoms with Gasteiger partial charge in [-0.1, -0.05) is 33.1 Å². The minimum Gasteiger partial charge on any atom is -0.352 e. The number of piperazine rings is 1. The van der Waals surface area contributed by atoms with Crippen LogP contribution in [0.2, 0.25) is 0 Å². The third-order valence-corrected chi connectivity index (χ3v) is 8.35. The van der Waals surface area contributed by atoms with Crippen LogP contribution < -0.4 is 4.90 Å². The lowest BCUT2D eigenvalue weighted by Gasteiger charge is -2.37. The Morgan fingerprint density at radius 2 is 1.70 bits per heavy atom. The van der Waals surface area contributed by atoms with E-state index in [1.54, 1.807) is 4.88 Å². The zero-order chi connectivity index (χ0) is 20.7. The summed E-state index contributed by atoms with van der Waals surface area (Å²) >= 11 is 1.92. The minimum atomic E-state index is 0.0732. The number of aryl methyl sites for hydroxylation is 2. The van der Waals surface area contributed by atoms with Gasteiger partial charge in [-0.3, -0.25) is 4.79 Å². The molecule has 162 valence electrons. The second-order valence-electron chi connectivity index (χ2n) is 9.60. The van der Waals surface area contributed by atoms with Crippen LogP contribution in [0.25, 0.3) is 10.2 Å². The van der Waals surface area contributed by atoms with E-state index in [-0.39, 0.29) is 11.8 Å². The first-order valence-electron chi connectivity index (χ1n) is 12.0. The highest BCUT2D eigenvalue weighted by Crippen LogP contribution is 2.42. The Morgan fingerprint density at radius 1 is 0.967 bits per heavy atom. The molecule has 6 heteroatoms. The molecule has 2 aromatic heterocycles. The van der Waals surface area contributed by atoms with Crippen LogP contribution in [-0.4, -0.2) is 47.0 Å². The summed E-state index contributed by atoms with van der Waals surface area (Å²) in [6.07, 6.45) is 11.4. The molecule has 1 saturated heterocycles. The van der Waals surface area contributed by atoms with Crippen LogP contribution in [-0.2, 0) is 17.6 Å². The van der Waals surface area contributed by atoms with E-state index < -0.39 is 0 Å². The number of carbonyl (C=O) groups excluding carboxylic acids is 1. The maximum atomic E-state index is 12.4. The van der Waals surface area contributed by atoms with Gasteiger partial charge in [-0.15, -0.1) is 11.3 Å². The molecule has 1 saturated carbocycles. The average molecular weight is 427 g/mol. The summed E-state index contributed by atoms with van der Waals surface area (Å²) in [6.45, 7) is 7.34. The third-order valence-electron chi connectivity index (χ3n) is 7.17. The number of carbonyl (C=O) groups is 1. The van der Waals surface area contributed by atoms with E-state index in [0.717, 1.165) is 37.8 Å². The Kier molecular flexibility index (Phi) is 5.69. The van der Waals surface area contributed by atoms with Crippen molar-refractivity contribution in [2.75, 3.05) is 31.1 Å². The molecular formula is C24H34N4OS. The van der Waals surface area contributed by atoms with Gasteiger partial charge >= 0.3 is 0 Å². The van der Waals surface area contributed by atoms with Crippen molar-refractivity contribution in [1.29, 1.82) is 0 Å². The van der Waals surface area contributed by atoms with E-state index in [9.17, 15) is 4.79 Å². The van der Waals surface area contributed by atoms with Crippen LogP contribution in [0, 0.1) is 5.92 Å². The van der Waals surface area contributed by atoms with E-state index in [0.29, 0.717) is 5.92 Å². The fourth-order valence-corrected chi connectivity index (χ4v) is 6.69. The summed E-state index contributed by atoms with van der Waals surface area (Å²) in [4.78, 5) is 30.1. The van der Waals surface area contributed by atoms with Crippen molar-refractivity contribution >= 4 is 33.3 Å². The van der Waals surface area contributed by atoms with Crippen molar-refractivity contribution in [2.24, 2.45) is 5.92 Å². The Labute approximate surface area is 183 Å². The summed E-state index contributed by atoms with van der Waals surface area (Å²) in [5.41, 5.74) is 1.52. The van der Waals surface area contributed by atoms with E-state index in [2.05, 4.69) is 4.90 Å². The smallest absolute Gasteiger partial charge is 0.225 e. The molecule has 2 aliphatic carbocycles. The lowest BCUT2D eigenvalue weighted by Crippen LogP contribution is -2.50. The topological polar surface area (TPSA) is 49.3 Å². The molecule has 5 nitrogen and oxygen atoms in total. The number of thiophene rings is 1. The van der Waals surface area contributed by atoms with Crippen LogP contribution in [0.1, 0.15) is 81.0 Å². The zero-order valence-corrected chi connectivity index (χ0v) is 19.3. The molecule has 1 amide bonds. The first kappa shape index (κ1) is 20.2. The number of aromatic nitrogens is 2. The van der Waals surface area contributed by atoms with E-state index in [1.807, 2.05) is 30.1 Å². The van der Waals surface area contributed by atoms with Gasteiger partial charge in [0, 0.05) is 42.9 Å². The molecule has 0 aromatic carbocycles. The fraction of sp³-hybridized carbons (Fsp3) is 0.708. The van der Waals surface area contributed by atoms with Crippen molar-refractivity contribution in [1.82, 2.24) is 14.9 Å². The molecule has 0 spiro atoms. The predicted molar refractivity (Wildman–Crippen MR) is 124 cm³/mol. The molecule has 1 aliphatic heterocycles. The summed E-state index contributed by atoms with van der Waals surface area (Å²) in [5.74, 6) is 3.11. The largest absolute Gasteiger partial charge is 0.352 e. The monoisotopic (exact) mass is 426 g/mol. The SMILES string of the molecule is CC(C)C(=O)N1CCN(c2nc(C3CCCCC3)nc3sc4c(c23)CCCC4)CC1. The predicted octanol–water partition coefficient (Wildman–Crippen LogP) is 4.92. The number of amides is 1. The molecule has 3 heterocycles. The first-order valence-corrected chi connectivity index (χ1v) is 12.8. The summed E-state index contributed by atoms with van der Waals surface area (Å²) in [5, 5.41) is 1.33. The third kappa shape index (κ3) is 3.72. The lowest BCUT2D eigenvalue weighted by atomic mass is 9.88. The highest BCUT2D eigenvalue weighted by molar-refractivity contribution is 7.19. The van der Waals surface area contributed by atoms with Crippen LogP contribution in [0.4, 0.5) is 5.82 Å². The standard InChI is InChI=1S/C24H34N4OS/c1-16(2)24(29)28-14-12-27(13-15-28)22-20-18-10-6-7-11-19(18)30-23(20)26-21(25-22)17-8-4-3-5-9-17/h16-17H,3-15H2,1-2H3. The second-order valence-corrected chi connectivity index (χ2v) is 10.7. The van der Waals surface area contributed by atoms with Gasteiger partial charge in [-0.2, -0.15) is 0 Å². The zero-order valence-electron chi connectivity index (χ0n) is 18.5. The second kappa shape index (κ2) is 8.45. The van der Waals surface area contributed by atoms with Gasteiger partial charge in [0.15, 0.2) is 0 Å². The van der Waals surface area contributed by atoms with Crippen LogP contribution >= 0.6 is 11.3 Å². The quantitative estimate of drug-likeness (QED) is 0.699. The number of nitrogens with zero attached hydrogens (tertiary/aromatic N) is 4. The molecule has 5 rings (SSSR count). The Bertz CT molecular complexity index is 923. The van der Waals surface area contributed by atoms with Gasteiger partial charge in [0.2, 0.25) is 5.91 Å². The highest BCUT2D eigenvalue weighted by Gasteiger charge is 2.29. The van der Waals surface area contributed by atoms with Crippen molar-refractivity contribution < 1.29 is 4.79 Å². The molecule has 3 aliphatic rings. The normalized spacial score (nSPS) is 20.8. The van der Waals surface area contributed by atoms with Crippen LogP contribution in [0.15, 0.2) is 0 Å². The highest BCUT2D eigenvalue weighted by atomic mass is 32.1. The molecule has 0 atom stereocenters. The Morgan fingerprint density at radius 3 is 2.43 bits per heavy atom. The molecule has 0 radical (unpaired) electrons. The molecular weight excluding hydrogens is 392 g/mol. The van der Waals surface area contributed by atoms with E-state index in [4.69, 9.17) is 9.97 Å². The molecule has 30 heavy (non-hydrogen) atoms. The fourth-order valence-electron chi connectivity index (χ4n) is 5.43. The maximum Gasteiger partial charge on any atom is 0.225 e. The van der Waals surface area contributed by atoms with Gasteiger partial charge in [-0.25, -0.2) is 9.97 Å². The van der Waals surface area contributed by atoms with Crippen molar-refractivity contribution in [3.05, 3.63) is 16.3 Å². The number of hydrogen-bond acceptors (Lipinski definition) is 5. The number of anilines is 1. The number of hydrogen-bond donors (Lipinski definition) is 0. The lowest BCUT2D eigenvalue weighted by molar-refractivity contribution is -0.134. The number of rotatable bonds is 3. The van der Waals surface area contributed by atoms with Crippen molar-refractivity contribution in [3.63, 3.8) is 0 Å². The first-order chi connectivity index (χ1) is 14.6. The van der Waals surface area contributed by atoms with Crippen molar-refractivity contribution in [2.45, 2.75) is 77.6 Å². The molecule has 0 unspecified atom stereocenters. The molecule has 2 aromatic rings. The summed E-state index contributed by atoms with van der Waals surface area (Å²) in [6, 6.07) is 0.